The van der Waals surface area contributed by atoms with Crippen LogP contribution in [0, 0.1) is 13.8 Å². The first-order valence-corrected chi connectivity index (χ1v) is 11.1. The van der Waals surface area contributed by atoms with E-state index in [2.05, 4.69) is 5.10 Å². The summed E-state index contributed by atoms with van der Waals surface area (Å²) < 4.78 is 39.7. The van der Waals surface area contributed by atoms with Crippen molar-refractivity contribution < 1.29 is 22.7 Å². The zero-order valence-electron chi connectivity index (χ0n) is 18.0. The molecule has 0 radical (unpaired) electrons. The maximum Gasteiger partial charge on any atom is 0.246 e. The number of amides is 1. The number of aromatic nitrogens is 2. The molecule has 1 aromatic carbocycles. The Bertz CT molecular complexity index is 1020. The summed E-state index contributed by atoms with van der Waals surface area (Å²) in [5.74, 6) is 1.18. The zero-order valence-corrected chi connectivity index (χ0v) is 18.8. The quantitative estimate of drug-likeness (QED) is 0.674. The van der Waals surface area contributed by atoms with Gasteiger partial charge in [-0.1, -0.05) is 0 Å². The van der Waals surface area contributed by atoms with Gasteiger partial charge in [0.15, 0.2) is 0 Å². The Morgan fingerprint density at radius 1 is 1.03 bits per heavy atom. The van der Waals surface area contributed by atoms with Gasteiger partial charge in [-0.3, -0.25) is 9.48 Å². The maximum absolute atomic E-state index is 13.1. The monoisotopic (exact) mass is 436 g/mol. The molecule has 0 N–H and O–H groups in total. The van der Waals surface area contributed by atoms with Crippen molar-refractivity contribution in [1.29, 1.82) is 0 Å². The molecule has 2 aromatic rings. The van der Waals surface area contributed by atoms with Crippen LogP contribution in [0.1, 0.15) is 17.0 Å². The normalized spacial score (nSPS) is 15.3. The molecule has 9 nitrogen and oxygen atoms in total. The summed E-state index contributed by atoms with van der Waals surface area (Å²) in [7, 11) is 1.20. The lowest BCUT2D eigenvalue weighted by atomic mass is 10.1. The van der Waals surface area contributed by atoms with E-state index < -0.39 is 10.0 Å². The summed E-state index contributed by atoms with van der Waals surface area (Å²) >= 11 is 0. The van der Waals surface area contributed by atoms with Crippen LogP contribution < -0.4 is 9.47 Å². The van der Waals surface area contributed by atoms with Gasteiger partial charge in [-0.05, 0) is 31.5 Å². The third kappa shape index (κ3) is 4.29. The number of methoxy groups -OCH3 is 2. The fraction of sp³-hybridized carbons (Fsp3) is 0.500. The molecule has 0 atom stereocenters. The second-order valence-electron chi connectivity index (χ2n) is 7.31. The summed E-state index contributed by atoms with van der Waals surface area (Å²) in [5.41, 5.74) is 1.88. The molecule has 164 valence electrons. The molecule has 0 saturated carbocycles. The van der Waals surface area contributed by atoms with Crippen molar-refractivity contribution in [2.45, 2.75) is 25.2 Å². The predicted molar refractivity (Wildman–Crippen MR) is 111 cm³/mol. The van der Waals surface area contributed by atoms with Gasteiger partial charge >= 0.3 is 0 Å². The first-order valence-electron chi connectivity index (χ1n) is 9.67. The van der Waals surface area contributed by atoms with Gasteiger partial charge in [0.05, 0.1) is 32.0 Å². The largest absolute Gasteiger partial charge is 0.497 e. The van der Waals surface area contributed by atoms with Gasteiger partial charge in [-0.25, -0.2) is 8.42 Å². The van der Waals surface area contributed by atoms with Crippen LogP contribution in [0.2, 0.25) is 0 Å². The number of sulfonamides is 1. The Morgan fingerprint density at radius 3 is 2.07 bits per heavy atom. The van der Waals surface area contributed by atoms with Crippen LogP contribution in [0.4, 0.5) is 0 Å². The van der Waals surface area contributed by atoms with Crippen LogP contribution >= 0.6 is 0 Å². The molecule has 30 heavy (non-hydrogen) atoms. The Morgan fingerprint density at radius 2 is 1.60 bits per heavy atom. The van der Waals surface area contributed by atoms with E-state index >= 15 is 0 Å². The van der Waals surface area contributed by atoms with Gasteiger partial charge in [0, 0.05) is 39.3 Å². The maximum atomic E-state index is 13.1. The lowest BCUT2D eigenvalue weighted by Crippen LogP contribution is -2.51. The molecule has 10 heteroatoms. The molecule has 1 fully saturated rings. The highest BCUT2D eigenvalue weighted by molar-refractivity contribution is 7.89. The van der Waals surface area contributed by atoms with Gasteiger partial charge in [-0.2, -0.15) is 9.40 Å². The average Bonchev–Trinajstić information content (AvgIpc) is 2.99. The number of carbonyl (C=O) groups is 1. The molecule has 0 bridgehead atoms. The molecule has 0 spiro atoms. The summed E-state index contributed by atoms with van der Waals surface area (Å²) in [4.78, 5) is 14.7. The first kappa shape index (κ1) is 22.1. The number of aryl methyl sites for hydroxylation is 2. The molecular weight excluding hydrogens is 408 g/mol. The molecule has 1 aliphatic rings. The smallest absolute Gasteiger partial charge is 0.246 e. The van der Waals surface area contributed by atoms with Crippen LogP contribution in [0.3, 0.4) is 0 Å². The molecule has 1 aromatic heterocycles. The van der Waals surface area contributed by atoms with Crippen LogP contribution in [0.5, 0.6) is 11.5 Å². The minimum atomic E-state index is -3.65. The standard InChI is InChI=1S/C20H28N4O5S/c1-14-20(15(2)22(3)21-14)30(26,27)24-8-6-23(7-9-24)19(25)12-16-10-17(28-4)13-18(11-16)29-5/h10-11,13H,6-9,12H2,1-5H3. The highest BCUT2D eigenvalue weighted by atomic mass is 32.2. The molecule has 2 heterocycles. The molecule has 1 amide bonds. The van der Waals surface area contributed by atoms with Crippen LogP contribution in [0.15, 0.2) is 23.1 Å². The van der Waals surface area contributed by atoms with Crippen LogP contribution in [-0.4, -0.2) is 73.7 Å². The van der Waals surface area contributed by atoms with Gasteiger partial charge < -0.3 is 14.4 Å². The molecule has 1 aliphatic heterocycles. The van der Waals surface area contributed by atoms with E-state index in [0.717, 1.165) is 5.56 Å². The second kappa shape index (κ2) is 8.65. The number of piperazine rings is 1. The van der Waals surface area contributed by atoms with E-state index in [9.17, 15) is 13.2 Å². The number of hydrogen-bond donors (Lipinski definition) is 0. The Balaban J connectivity index is 1.67. The highest BCUT2D eigenvalue weighted by Gasteiger charge is 2.33. The number of rotatable bonds is 6. The second-order valence-corrected chi connectivity index (χ2v) is 9.18. The van der Waals surface area contributed by atoms with Crippen LogP contribution in [-0.2, 0) is 28.3 Å². The fourth-order valence-corrected chi connectivity index (χ4v) is 5.51. The molecule has 0 unspecified atom stereocenters. The van der Waals surface area contributed by atoms with E-state index in [1.165, 1.54) is 4.31 Å². The third-order valence-electron chi connectivity index (χ3n) is 5.40. The van der Waals surface area contributed by atoms with E-state index in [-0.39, 0.29) is 30.3 Å². The molecule has 3 rings (SSSR count). The Labute approximate surface area is 177 Å². The van der Waals surface area contributed by atoms with Crippen molar-refractivity contribution in [2.75, 3.05) is 40.4 Å². The molecular formula is C20H28N4O5S. The summed E-state index contributed by atoms with van der Waals surface area (Å²) in [6.07, 6.45) is 0.196. The fourth-order valence-electron chi connectivity index (χ4n) is 3.69. The van der Waals surface area contributed by atoms with Gasteiger partial charge in [0.2, 0.25) is 15.9 Å². The number of ether oxygens (including phenoxy) is 2. The lowest BCUT2D eigenvalue weighted by molar-refractivity contribution is -0.131. The number of benzene rings is 1. The number of nitrogens with zero attached hydrogens (tertiary/aromatic N) is 4. The highest BCUT2D eigenvalue weighted by Crippen LogP contribution is 2.25. The van der Waals surface area contributed by atoms with Crippen molar-refractivity contribution in [1.82, 2.24) is 19.0 Å². The number of carbonyl (C=O) groups excluding carboxylic acids is 1. The summed E-state index contributed by atoms with van der Waals surface area (Å²) in [6, 6.07) is 5.35. The zero-order chi connectivity index (χ0) is 22.1. The van der Waals surface area contributed by atoms with Gasteiger partial charge in [-0.15, -0.1) is 0 Å². The molecule has 1 saturated heterocycles. The SMILES string of the molecule is COc1cc(CC(=O)N2CCN(S(=O)(=O)c3c(C)nn(C)c3C)CC2)cc(OC)c1. The van der Waals surface area contributed by atoms with Crippen molar-refractivity contribution in [3.63, 3.8) is 0 Å². The van der Waals surface area contributed by atoms with Crippen molar-refractivity contribution in [3.8, 4) is 11.5 Å². The van der Waals surface area contributed by atoms with Gasteiger partial charge in [0.1, 0.15) is 16.4 Å². The average molecular weight is 437 g/mol. The third-order valence-corrected chi connectivity index (χ3v) is 7.55. The predicted octanol–water partition coefficient (Wildman–Crippen LogP) is 1.13. The first-order chi connectivity index (χ1) is 14.2. The lowest BCUT2D eigenvalue weighted by Gasteiger charge is -2.34. The minimum absolute atomic E-state index is 0.0592. The van der Waals surface area contributed by atoms with E-state index in [1.807, 2.05) is 0 Å². The summed E-state index contributed by atoms with van der Waals surface area (Å²) in [6.45, 7) is 4.64. The van der Waals surface area contributed by atoms with Crippen LogP contribution in [0.25, 0.3) is 0 Å². The Hall–Kier alpha value is -2.59. The number of hydrogen-bond acceptors (Lipinski definition) is 6. The molecule has 0 aliphatic carbocycles. The topological polar surface area (TPSA) is 94.0 Å². The summed E-state index contributed by atoms with van der Waals surface area (Å²) in [5, 5.41) is 4.22. The van der Waals surface area contributed by atoms with E-state index in [0.29, 0.717) is 36.0 Å². The Kier molecular flexibility index (Phi) is 6.37. The van der Waals surface area contributed by atoms with Crippen molar-refractivity contribution in [3.05, 3.63) is 35.2 Å². The van der Waals surface area contributed by atoms with E-state index in [1.54, 1.807) is 62.9 Å². The van der Waals surface area contributed by atoms with Gasteiger partial charge in [0.25, 0.3) is 0 Å². The van der Waals surface area contributed by atoms with Crippen molar-refractivity contribution >= 4 is 15.9 Å². The minimum Gasteiger partial charge on any atom is -0.497 e. The van der Waals surface area contributed by atoms with E-state index in [4.69, 9.17) is 9.47 Å². The van der Waals surface area contributed by atoms with Crippen molar-refractivity contribution in [2.24, 2.45) is 7.05 Å².